The van der Waals surface area contributed by atoms with Gasteiger partial charge in [-0.2, -0.15) is 0 Å². The molecule has 0 saturated carbocycles. The first-order valence-corrected chi connectivity index (χ1v) is 9.61. The molecule has 0 atom stereocenters. The van der Waals surface area contributed by atoms with Crippen LogP contribution in [-0.2, 0) is 6.42 Å². The van der Waals surface area contributed by atoms with Gasteiger partial charge < -0.3 is 5.32 Å². The summed E-state index contributed by atoms with van der Waals surface area (Å²) in [6.45, 7) is 2.55. The van der Waals surface area contributed by atoms with Crippen LogP contribution in [0, 0.1) is 6.92 Å². The van der Waals surface area contributed by atoms with Crippen LogP contribution in [0.3, 0.4) is 0 Å². The summed E-state index contributed by atoms with van der Waals surface area (Å²) in [6.07, 6.45) is 0.834. The quantitative estimate of drug-likeness (QED) is 0.653. The zero-order valence-electron chi connectivity index (χ0n) is 12.5. The maximum Gasteiger partial charge on any atom is 0.263 e. The van der Waals surface area contributed by atoms with E-state index >= 15 is 0 Å². The number of hydrogen-bond acceptors (Lipinski definition) is 4. The maximum absolute atomic E-state index is 12.5. The summed E-state index contributed by atoms with van der Waals surface area (Å²) in [5, 5.41) is 3.90. The molecule has 118 valence electrons. The first-order chi connectivity index (χ1) is 11.1. The predicted molar refractivity (Wildman–Crippen MR) is 100 cm³/mol. The Hall–Kier alpha value is -1.50. The summed E-state index contributed by atoms with van der Waals surface area (Å²) in [4.78, 5) is 19.0. The third-order valence-corrected chi connectivity index (χ3v) is 5.93. The van der Waals surface area contributed by atoms with Crippen molar-refractivity contribution in [2.75, 3.05) is 6.54 Å². The summed E-state index contributed by atoms with van der Waals surface area (Å²) < 4.78 is 1.11. The second-order valence-electron chi connectivity index (χ2n) is 4.99. The van der Waals surface area contributed by atoms with Crippen molar-refractivity contribution >= 4 is 44.5 Å². The van der Waals surface area contributed by atoms with Crippen LogP contribution >= 0.6 is 38.6 Å². The van der Waals surface area contributed by atoms with Gasteiger partial charge in [-0.25, -0.2) is 4.98 Å². The minimum Gasteiger partial charge on any atom is -0.351 e. The molecule has 3 nitrogen and oxygen atoms in total. The highest BCUT2D eigenvalue weighted by molar-refractivity contribution is 9.11. The number of benzene rings is 1. The summed E-state index contributed by atoms with van der Waals surface area (Å²) in [7, 11) is 0. The lowest BCUT2D eigenvalue weighted by molar-refractivity contribution is 0.0958. The summed E-state index contributed by atoms with van der Waals surface area (Å²) in [5.41, 5.74) is 1.74. The average molecular weight is 407 g/mol. The van der Waals surface area contributed by atoms with E-state index in [2.05, 4.69) is 32.3 Å². The highest BCUT2D eigenvalue weighted by atomic mass is 79.9. The van der Waals surface area contributed by atoms with Crippen molar-refractivity contribution in [1.29, 1.82) is 0 Å². The molecule has 1 amide bonds. The molecule has 0 saturated heterocycles. The number of hydrogen-bond donors (Lipinski definition) is 1. The molecule has 0 unspecified atom stereocenters. The van der Waals surface area contributed by atoms with Crippen LogP contribution in [0.2, 0.25) is 0 Å². The van der Waals surface area contributed by atoms with E-state index in [1.807, 2.05) is 43.3 Å². The van der Waals surface area contributed by atoms with E-state index in [1.165, 1.54) is 16.2 Å². The van der Waals surface area contributed by atoms with Crippen molar-refractivity contribution in [1.82, 2.24) is 10.3 Å². The van der Waals surface area contributed by atoms with E-state index in [-0.39, 0.29) is 5.91 Å². The Morgan fingerprint density at radius 1 is 1.17 bits per heavy atom. The first kappa shape index (κ1) is 16.4. The second-order valence-corrected chi connectivity index (χ2v) is 8.74. The fourth-order valence-corrected chi connectivity index (χ4v) is 4.58. The number of rotatable bonds is 5. The lowest BCUT2D eigenvalue weighted by atomic mass is 10.1. The molecule has 0 aliphatic heterocycles. The van der Waals surface area contributed by atoms with Gasteiger partial charge in [0.2, 0.25) is 0 Å². The Labute approximate surface area is 151 Å². The Balaban J connectivity index is 1.70. The minimum atomic E-state index is -0.0509. The zero-order chi connectivity index (χ0) is 16.2. The third-order valence-electron chi connectivity index (χ3n) is 3.27. The molecule has 0 aliphatic rings. The van der Waals surface area contributed by atoms with Gasteiger partial charge in [-0.1, -0.05) is 30.3 Å². The molecule has 0 radical (unpaired) electrons. The molecule has 3 rings (SSSR count). The molecule has 0 aliphatic carbocycles. The zero-order valence-corrected chi connectivity index (χ0v) is 15.7. The number of thiophene rings is 1. The number of halogens is 1. The summed E-state index contributed by atoms with van der Waals surface area (Å²) >= 11 is 6.59. The molecule has 0 fully saturated rings. The van der Waals surface area contributed by atoms with Crippen molar-refractivity contribution in [3.63, 3.8) is 0 Å². The van der Waals surface area contributed by atoms with E-state index in [0.29, 0.717) is 11.4 Å². The van der Waals surface area contributed by atoms with E-state index < -0.39 is 0 Å². The van der Waals surface area contributed by atoms with Crippen molar-refractivity contribution in [2.45, 2.75) is 13.3 Å². The number of carbonyl (C=O) groups excluding carboxylic acids is 1. The van der Waals surface area contributed by atoms with Crippen LogP contribution in [0.4, 0.5) is 0 Å². The van der Waals surface area contributed by atoms with Crippen molar-refractivity contribution in [2.24, 2.45) is 0 Å². The number of thiazole rings is 1. The Kier molecular flexibility index (Phi) is 5.25. The topological polar surface area (TPSA) is 42.0 Å². The van der Waals surface area contributed by atoms with Gasteiger partial charge in [0.25, 0.3) is 5.91 Å². The van der Waals surface area contributed by atoms with Gasteiger partial charge in [-0.15, -0.1) is 22.7 Å². The lowest BCUT2D eigenvalue weighted by Gasteiger charge is -2.04. The van der Waals surface area contributed by atoms with Gasteiger partial charge in [0.05, 0.1) is 14.5 Å². The van der Waals surface area contributed by atoms with E-state index in [1.54, 1.807) is 11.3 Å². The van der Waals surface area contributed by atoms with Crippen LogP contribution in [0.25, 0.3) is 11.3 Å². The normalized spacial score (nSPS) is 10.7. The van der Waals surface area contributed by atoms with E-state index in [0.717, 1.165) is 26.5 Å². The van der Waals surface area contributed by atoms with Crippen LogP contribution in [0.1, 0.15) is 19.6 Å². The number of aromatic nitrogens is 1. The first-order valence-electron chi connectivity index (χ1n) is 7.19. The summed E-state index contributed by atoms with van der Waals surface area (Å²) in [5.74, 6) is -0.0509. The maximum atomic E-state index is 12.5. The molecule has 1 aromatic carbocycles. The molecule has 1 N–H and O–H groups in total. The standard InChI is InChI=1S/C17H15BrN2OS2/c1-11-20-15(12-5-3-2-4-6-12)16(22-11)17(21)19-10-9-13-7-8-14(18)23-13/h2-8H,9-10H2,1H3,(H,19,21). The number of aryl methyl sites for hydroxylation is 1. The molecule has 3 aromatic rings. The largest absolute Gasteiger partial charge is 0.351 e. The van der Waals surface area contributed by atoms with E-state index in [9.17, 15) is 4.79 Å². The van der Waals surface area contributed by atoms with Gasteiger partial charge in [-0.3, -0.25) is 4.79 Å². The fraction of sp³-hybridized carbons (Fsp3) is 0.176. The van der Waals surface area contributed by atoms with Gasteiger partial charge >= 0.3 is 0 Å². The van der Waals surface area contributed by atoms with E-state index in [4.69, 9.17) is 0 Å². The SMILES string of the molecule is Cc1nc(-c2ccccc2)c(C(=O)NCCc2ccc(Br)s2)s1. The average Bonchev–Trinajstić information content (AvgIpc) is 3.14. The third kappa shape index (κ3) is 4.07. The molecular weight excluding hydrogens is 392 g/mol. The molecular formula is C17H15BrN2OS2. The lowest BCUT2D eigenvalue weighted by Crippen LogP contribution is -2.25. The van der Waals surface area contributed by atoms with Gasteiger partial charge in [-0.05, 0) is 41.4 Å². The number of amides is 1. The number of nitrogens with zero attached hydrogens (tertiary/aromatic N) is 1. The Morgan fingerprint density at radius 3 is 2.65 bits per heavy atom. The second kappa shape index (κ2) is 7.38. The Morgan fingerprint density at radius 2 is 1.96 bits per heavy atom. The Bertz CT molecular complexity index is 811. The number of carbonyl (C=O) groups is 1. The van der Waals surface area contributed by atoms with Crippen molar-refractivity contribution in [3.05, 3.63) is 61.0 Å². The van der Waals surface area contributed by atoms with Crippen LogP contribution in [0.15, 0.2) is 46.3 Å². The molecule has 2 heterocycles. The summed E-state index contributed by atoms with van der Waals surface area (Å²) in [6, 6.07) is 13.9. The van der Waals surface area contributed by atoms with Gasteiger partial charge in [0, 0.05) is 17.0 Å². The highest BCUT2D eigenvalue weighted by Crippen LogP contribution is 2.28. The van der Waals surface area contributed by atoms with Crippen molar-refractivity contribution < 1.29 is 4.79 Å². The predicted octanol–water partition coefficient (Wildman–Crippen LogP) is 4.92. The van der Waals surface area contributed by atoms with Crippen LogP contribution < -0.4 is 5.32 Å². The molecule has 2 aromatic heterocycles. The molecule has 0 spiro atoms. The van der Waals surface area contributed by atoms with Crippen LogP contribution in [-0.4, -0.2) is 17.4 Å². The van der Waals surface area contributed by atoms with Crippen LogP contribution in [0.5, 0.6) is 0 Å². The minimum absolute atomic E-state index is 0.0509. The smallest absolute Gasteiger partial charge is 0.263 e. The number of nitrogens with one attached hydrogen (secondary N) is 1. The van der Waals surface area contributed by atoms with Gasteiger partial charge in [0.15, 0.2) is 0 Å². The molecule has 23 heavy (non-hydrogen) atoms. The van der Waals surface area contributed by atoms with Gasteiger partial charge in [0.1, 0.15) is 4.88 Å². The highest BCUT2D eigenvalue weighted by Gasteiger charge is 2.17. The monoisotopic (exact) mass is 406 g/mol. The molecule has 0 bridgehead atoms. The molecule has 6 heteroatoms. The van der Waals surface area contributed by atoms with Crippen molar-refractivity contribution in [3.8, 4) is 11.3 Å². The fourth-order valence-electron chi connectivity index (χ4n) is 2.24.